The number of ether oxygens (including phenoxy) is 2. The first-order valence-electron chi connectivity index (χ1n) is 12.4. The third-order valence-electron chi connectivity index (χ3n) is 6.66. The molecule has 1 atom stereocenters. The van der Waals surface area contributed by atoms with Crippen LogP contribution in [0.15, 0.2) is 59.5 Å². The molecule has 41 heavy (non-hydrogen) atoms. The Morgan fingerprint density at radius 3 is 2.54 bits per heavy atom. The van der Waals surface area contributed by atoms with E-state index in [0.717, 1.165) is 22.5 Å². The van der Waals surface area contributed by atoms with Crippen LogP contribution in [-0.4, -0.2) is 34.1 Å². The molecule has 0 aliphatic carbocycles. The summed E-state index contributed by atoms with van der Waals surface area (Å²) in [6, 6.07) is 10.9. The van der Waals surface area contributed by atoms with E-state index in [1.54, 1.807) is 32.1 Å². The lowest BCUT2D eigenvalue weighted by atomic mass is 9.99. The van der Waals surface area contributed by atoms with Crippen LogP contribution in [0.25, 0.3) is 11.6 Å². The average molecular weight is 612 g/mol. The normalized spacial score (nSPS) is 15.8. The van der Waals surface area contributed by atoms with Crippen molar-refractivity contribution in [2.45, 2.75) is 43.9 Å². The van der Waals surface area contributed by atoms with Crippen LogP contribution in [0.3, 0.4) is 0 Å². The number of esters is 1. The Morgan fingerprint density at radius 2 is 1.88 bits per heavy atom. The van der Waals surface area contributed by atoms with Gasteiger partial charge < -0.3 is 9.47 Å². The molecule has 0 N–H and O–H groups in total. The van der Waals surface area contributed by atoms with Gasteiger partial charge in [-0.05, 0) is 79.4 Å². The number of halogens is 5. The van der Waals surface area contributed by atoms with Crippen LogP contribution in [0.1, 0.15) is 42.0 Å². The molecule has 0 radical (unpaired) electrons. The Bertz CT molecular complexity index is 1600. The maximum Gasteiger partial charge on any atom is 0.416 e. The van der Waals surface area contributed by atoms with Gasteiger partial charge in [0.25, 0.3) is 10.0 Å². The SMILES string of the molecule is COC(=O)CC[C@H]1CN(S(=O)(=O)c2cccc(C(F)(F)F)c2)c2cc(/C=C(\C)c3c(F)cccc3Cl)c(C)cc2O1. The molecule has 0 aromatic heterocycles. The Hall–Kier alpha value is -3.57. The van der Waals surface area contributed by atoms with Crippen LogP contribution in [0, 0.1) is 12.7 Å². The molecule has 1 aliphatic heterocycles. The lowest BCUT2D eigenvalue weighted by molar-refractivity contribution is -0.141. The highest BCUT2D eigenvalue weighted by atomic mass is 35.5. The number of anilines is 1. The standard InChI is InChI=1S/C29H26ClF4NO5S/c1-17-13-26-25(14-19(17)12-18(2)28-23(30)8-5-9-24(28)31)35(16-21(40-26)10-11-27(36)39-3)41(37,38)22-7-4-6-20(15-22)29(32,33)34/h4-9,12-15,21H,10-11,16H2,1-3H3/b18-12+/t21-/m0/s1. The van der Waals surface area contributed by atoms with Crippen molar-refractivity contribution in [3.8, 4) is 5.75 Å². The van der Waals surface area contributed by atoms with Crippen molar-refractivity contribution in [2.75, 3.05) is 18.0 Å². The fraction of sp³-hybridized carbons (Fsp3) is 0.276. The highest BCUT2D eigenvalue weighted by molar-refractivity contribution is 7.92. The van der Waals surface area contributed by atoms with Crippen LogP contribution >= 0.6 is 11.6 Å². The largest absolute Gasteiger partial charge is 0.486 e. The van der Waals surface area contributed by atoms with E-state index in [2.05, 4.69) is 4.74 Å². The van der Waals surface area contributed by atoms with E-state index in [-0.39, 0.29) is 41.4 Å². The molecule has 0 fully saturated rings. The molecule has 12 heteroatoms. The molecule has 0 unspecified atom stereocenters. The number of rotatable bonds is 7. The Morgan fingerprint density at radius 1 is 1.17 bits per heavy atom. The molecule has 3 aromatic rings. The van der Waals surface area contributed by atoms with E-state index >= 15 is 0 Å². The van der Waals surface area contributed by atoms with Gasteiger partial charge in [0.1, 0.15) is 17.7 Å². The molecular weight excluding hydrogens is 586 g/mol. The van der Waals surface area contributed by atoms with E-state index in [0.29, 0.717) is 22.8 Å². The van der Waals surface area contributed by atoms with Gasteiger partial charge >= 0.3 is 12.1 Å². The number of carbonyl (C=O) groups is 1. The van der Waals surface area contributed by atoms with Gasteiger partial charge in [0.15, 0.2) is 0 Å². The number of carbonyl (C=O) groups excluding carboxylic acids is 1. The van der Waals surface area contributed by atoms with E-state index in [4.69, 9.17) is 16.3 Å². The fourth-order valence-corrected chi connectivity index (χ4v) is 6.39. The summed E-state index contributed by atoms with van der Waals surface area (Å²) < 4.78 is 94.1. The number of alkyl halides is 3. The van der Waals surface area contributed by atoms with Crippen molar-refractivity contribution in [1.29, 1.82) is 0 Å². The topological polar surface area (TPSA) is 72.9 Å². The third kappa shape index (κ3) is 6.51. The predicted molar refractivity (Wildman–Crippen MR) is 148 cm³/mol. The number of methoxy groups -OCH3 is 1. The first-order valence-corrected chi connectivity index (χ1v) is 14.2. The predicted octanol–water partition coefficient (Wildman–Crippen LogP) is 7.28. The van der Waals surface area contributed by atoms with Gasteiger partial charge in [-0.3, -0.25) is 9.10 Å². The minimum Gasteiger partial charge on any atom is -0.486 e. The first-order chi connectivity index (χ1) is 19.2. The third-order valence-corrected chi connectivity index (χ3v) is 8.75. The van der Waals surface area contributed by atoms with Gasteiger partial charge in [-0.15, -0.1) is 0 Å². The molecule has 0 bridgehead atoms. The maximum absolute atomic E-state index is 14.6. The van der Waals surface area contributed by atoms with Crippen molar-refractivity contribution in [3.63, 3.8) is 0 Å². The van der Waals surface area contributed by atoms with E-state index in [1.807, 2.05) is 0 Å². The van der Waals surface area contributed by atoms with Crippen LogP contribution in [0.2, 0.25) is 5.02 Å². The second kappa shape index (κ2) is 11.7. The van der Waals surface area contributed by atoms with Gasteiger partial charge in [0.05, 0.1) is 34.8 Å². The molecule has 1 heterocycles. The van der Waals surface area contributed by atoms with Gasteiger partial charge in [-0.1, -0.05) is 29.8 Å². The zero-order valence-corrected chi connectivity index (χ0v) is 23.8. The van der Waals surface area contributed by atoms with Crippen LogP contribution in [-0.2, 0) is 25.7 Å². The number of hydrogen-bond donors (Lipinski definition) is 0. The van der Waals surface area contributed by atoms with Gasteiger partial charge in [-0.25, -0.2) is 12.8 Å². The number of sulfonamides is 1. The number of fused-ring (bicyclic) bond motifs is 1. The average Bonchev–Trinajstić information content (AvgIpc) is 2.91. The molecule has 0 saturated heterocycles. The molecule has 0 amide bonds. The van der Waals surface area contributed by atoms with Gasteiger partial charge in [-0.2, -0.15) is 13.2 Å². The van der Waals surface area contributed by atoms with E-state index in [1.165, 1.54) is 25.3 Å². The van der Waals surface area contributed by atoms with Crippen molar-refractivity contribution in [3.05, 3.63) is 87.7 Å². The summed E-state index contributed by atoms with van der Waals surface area (Å²) in [5, 5.41) is 0.194. The van der Waals surface area contributed by atoms with Gasteiger partial charge in [0.2, 0.25) is 0 Å². The van der Waals surface area contributed by atoms with Crippen molar-refractivity contribution >= 4 is 44.9 Å². The molecule has 4 rings (SSSR count). The summed E-state index contributed by atoms with van der Waals surface area (Å²) in [7, 11) is -3.30. The molecular formula is C29H26ClF4NO5S. The lowest BCUT2D eigenvalue weighted by Crippen LogP contribution is -2.44. The number of aryl methyl sites for hydroxylation is 1. The van der Waals surface area contributed by atoms with E-state index < -0.39 is 44.5 Å². The zero-order chi connectivity index (χ0) is 30.1. The second-order valence-corrected chi connectivity index (χ2v) is 11.8. The lowest BCUT2D eigenvalue weighted by Gasteiger charge is -2.36. The number of nitrogens with zero attached hydrogens (tertiary/aromatic N) is 1. The Balaban J connectivity index is 1.83. The highest BCUT2D eigenvalue weighted by Crippen LogP contribution is 2.41. The fourth-order valence-electron chi connectivity index (χ4n) is 4.53. The summed E-state index contributed by atoms with van der Waals surface area (Å²) in [5.41, 5.74) is 0.789. The van der Waals surface area contributed by atoms with Crippen LogP contribution in [0.5, 0.6) is 5.75 Å². The van der Waals surface area contributed by atoms with Crippen LogP contribution in [0.4, 0.5) is 23.2 Å². The first kappa shape index (κ1) is 30.4. The van der Waals surface area contributed by atoms with E-state index in [9.17, 15) is 30.8 Å². The van der Waals surface area contributed by atoms with Crippen molar-refractivity contribution in [2.24, 2.45) is 0 Å². The molecule has 3 aromatic carbocycles. The monoisotopic (exact) mass is 611 g/mol. The number of allylic oxidation sites excluding steroid dienone is 1. The summed E-state index contributed by atoms with van der Waals surface area (Å²) in [6.07, 6.45) is -3.86. The van der Waals surface area contributed by atoms with Crippen molar-refractivity contribution in [1.82, 2.24) is 0 Å². The second-order valence-electron chi connectivity index (χ2n) is 9.52. The smallest absolute Gasteiger partial charge is 0.416 e. The Labute approximate surface area is 240 Å². The number of hydrogen-bond acceptors (Lipinski definition) is 5. The van der Waals surface area contributed by atoms with Crippen LogP contribution < -0.4 is 9.04 Å². The summed E-state index contributed by atoms with van der Waals surface area (Å²) >= 11 is 6.22. The highest BCUT2D eigenvalue weighted by Gasteiger charge is 2.37. The minimum absolute atomic E-state index is 0.0592. The zero-order valence-electron chi connectivity index (χ0n) is 22.3. The summed E-state index contributed by atoms with van der Waals surface area (Å²) in [5.74, 6) is -0.893. The Kier molecular flexibility index (Phi) is 8.70. The quantitative estimate of drug-likeness (QED) is 0.160. The molecule has 1 aliphatic rings. The van der Waals surface area contributed by atoms with Gasteiger partial charge in [0, 0.05) is 12.0 Å². The number of benzene rings is 3. The molecule has 0 saturated carbocycles. The summed E-state index contributed by atoms with van der Waals surface area (Å²) in [6.45, 7) is 3.13. The maximum atomic E-state index is 14.6. The molecule has 6 nitrogen and oxygen atoms in total. The van der Waals surface area contributed by atoms with Crippen molar-refractivity contribution < 1.29 is 40.2 Å². The summed E-state index contributed by atoms with van der Waals surface area (Å²) in [4.78, 5) is 11.2. The molecule has 218 valence electrons. The molecule has 0 spiro atoms. The minimum atomic E-state index is -4.75.